The Morgan fingerprint density at radius 2 is 2.41 bits per heavy atom. The van der Waals surface area contributed by atoms with Crippen LogP contribution in [0.5, 0.6) is 0 Å². The second kappa shape index (κ2) is 6.69. The number of anilines is 1. The average Bonchev–Trinajstić information content (AvgIpc) is 2.36. The third-order valence-corrected chi connectivity index (χ3v) is 2.27. The number of benzene rings is 1. The van der Waals surface area contributed by atoms with Crippen molar-refractivity contribution in [3.63, 3.8) is 0 Å². The molecule has 4 nitrogen and oxygen atoms in total. The van der Waals surface area contributed by atoms with E-state index < -0.39 is 6.04 Å². The SMILES string of the molecule is C#Cc1cccc(NC(=O)C(N)CCOC)c1. The number of amides is 1. The third kappa shape index (κ3) is 4.27. The lowest BCUT2D eigenvalue weighted by Crippen LogP contribution is -2.36. The summed E-state index contributed by atoms with van der Waals surface area (Å²) in [5.41, 5.74) is 7.06. The molecule has 0 bridgehead atoms. The summed E-state index contributed by atoms with van der Waals surface area (Å²) in [5, 5.41) is 2.71. The Morgan fingerprint density at radius 1 is 1.65 bits per heavy atom. The van der Waals surface area contributed by atoms with Gasteiger partial charge in [-0.25, -0.2) is 0 Å². The van der Waals surface area contributed by atoms with Crippen LogP contribution in [0.2, 0.25) is 0 Å². The molecule has 1 aromatic rings. The zero-order valence-corrected chi connectivity index (χ0v) is 9.77. The number of nitrogens with two attached hydrogens (primary N) is 1. The number of carbonyl (C=O) groups excluding carboxylic acids is 1. The van der Waals surface area contributed by atoms with Crippen molar-refractivity contribution in [3.8, 4) is 12.3 Å². The number of hydrogen-bond acceptors (Lipinski definition) is 3. The van der Waals surface area contributed by atoms with E-state index >= 15 is 0 Å². The van der Waals surface area contributed by atoms with Gasteiger partial charge in [0.1, 0.15) is 0 Å². The van der Waals surface area contributed by atoms with Gasteiger partial charge in [-0.1, -0.05) is 12.0 Å². The molecular weight excluding hydrogens is 216 g/mol. The summed E-state index contributed by atoms with van der Waals surface area (Å²) in [6, 6.07) is 6.48. The van der Waals surface area contributed by atoms with Gasteiger partial charge in [-0.05, 0) is 24.6 Å². The fourth-order valence-electron chi connectivity index (χ4n) is 1.30. The van der Waals surface area contributed by atoms with Gasteiger partial charge in [-0.3, -0.25) is 4.79 Å². The van der Waals surface area contributed by atoms with Crippen molar-refractivity contribution in [1.82, 2.24) is 0 Å². The molecule has 0 aliphatic heterocycles. The van der Waals surface area contributed by atoms with Crippen LogP contribution in [0.1, 0.15) is 12.0 Å². The van der Waals surface area contributed by atoms with E-state index in [1.165, 1.54) is 0 Å². The molecule has 0 spiro atoms. The lowest BCUT2D eigenvalue weighted by atomic mass is 10.2. The first-order chi connectivity index (χ1) is 8.17. The fourth-order valence-corrected chi connectivity index (χ4v) is 1.30. The minimum atomic E-state index is -0.579. The standard InChI is InChI=1S/C13H16N2O2/c1-3-10-5-4-6-11(9-10)15-13(16)12(14)7-8-17-2/h1,4-6,9,12H,7-8,14H2,2H3,(H,15,16). The molecule has 0 radical (unpaired) electrons. The zero-order chi connectivity index (χ0) is 12.7. The smallest absolute Gasteiger partial charge is 0.241 e. The quantitative estimate of drug-likeness (QED) is 0.743. The molecule has 1 amide bonds. The molecule has 17 heavy (non-hydrogen) atoms. The summed E-state index contributed by atoms with van der Waals surface area (Å²) in [5.74, 6) is 2.26. The van der Waals surface area contributed by atoms with Crippen molar-refractivity contribution in [1.29, 1.82) is 0 Å². The molecule has 3 N–H and O–H groups in total. The first kappa shape index (κ1) is 13.2. The van der Waals surface area contributed by atoms with Gasteiger partial charge in [0.2, 0.25) is 5.91 Å². The molecule has 0 heterocycles. The summed E-state index contributed by atoms with van der Waals surface area (Å²) in [6.07, 6.45) is 5.75. The lowest BCUT2D eigenvalue weighted by molar-refractivity contribution is -0.117. The van der Waals surface area contributed by atoms with Gasteiger partial charge in [0.25, 0.3) is 0 Å². The van der Waals surface area contributed by atoms with Crippen LogP contribution < -0.4 is 11.1 Å². The molecule has 0 fully saturated rings. The number of carbonyl (C=O) groups is 1. The number of rotatable bonds is 5. The number of hydrogen-bond donors (Lipinski definition) is 2. The van der Waals surface area contributed by atoms with Gasteiger partial charge >= 0.3 is 0 Å². The van der Waals surface area contributed by atoms with Crippen molar-refractivity contribution in [2.75, 3.05) is 19.0 Å². The van der Waals surface area contributed by atoms with E-state index in [9.17, 15) is 4.79 Å². The van der Waals surface area contributed by atoms with E-state index in [1.54, 1.807) is 31.4 Å². The van der Waals surface area contributed by atoms with Crippen LogP contribution >= 0.6 is 0 Å². The van der Waals surface area contributed by atoms with Gasteiger partial charge < -0.3 is 15.8 Å². The second-order valence-corrected chi connectivity index (χ2v) is 3.60. The lowest BCUT2D eigenvalue weighted by Gasteiger charge is -2.11. The molecule has 0 aliphatic rings. The van der Waals surface area contributed by atoms with Gasteiger partial charge in [0, 0.05) is 25.0 Å². The Kier molecular flexibility index (Phi) is 5.21. The molecule has 0 aliphatic carbocycles. The summed E-state index contributed by atoms with van der Waals surface area (Å²) in [6.45, 7) is 0.457. The van der Waals surface area contributed by atoms with Gasteiger partial charge in [0.15, 0.2) is 0 Å². The fraction of sp³-hybridized carbons (Fsp3) is 0.308. The number of ether oxygens (including phenoxy) is 1. The number of methoxy groups -OCH3 is 1. The molecule has 1 aromatic carbocycles. The van der Waals surface area contributed by atoms with Crippen LogP contribution in [0, 0.1) is 12.3 Å². The third-order valence-electron chi connectivity index (χ3n) is 2.27. The second-order valence-electron chi connectivity index (χ2n) is 3.60. The van der Waals surface area contributed by atoms with Crippen LogP contribution in [-0.4, -0.2) is 25.7 Å². The van der Waals surface area contributed by atoms with Crippen LogP contribution in [-0.2, 0) is 9.53 Å². The van der Waals surface area contributed by atoms with Crippen molar-refractivity contribution >= 4 is 11.6 Å². The highest BCUT2D eigenvalue weighted by atomic mass is 16.5. The largest absolute Gasteiger partial charge is 0.385 e. The first-order valence-corrected chi connectivity index (χ1v) is 5.29. The highest BCUT2D eigenvalue weighted by Crippen LogP contribution is 2.10. The average molecular weight is 232 g/mol. The molecule has 1 unspecified atom stereocenters. The Hall–Kier alpha value is -1.83. The normalized spacial score (nSPS) is 11.6. The van der Waals surface area contributed by atoms with Crippen LogP contribution in [0.4, 0.5) is 5.69 Å². The van der Waals surface area contributed by atoms with E-state index in [2.05, 4.69) is 11.2 Å². The van der Waals surface area contributed by atoms with E-state index in [-0.39, 0.29) is 5.91 Å². The van der Waals surface area contributed by atoms with E-state index in [0.717, 1.165) is 0 Å². The molecule has 1 rings (SSSR count). The topological polar surface area (TPSA) is 64.4 Å². The van der Waals surface area contributed by atoms with Crippen LogP contribution in [0.3, 0.4) is 0 Å². The molecule has 0 saturated carbocycles. The summed E-state index contributed by atoms with van der Waals surface area (Å²) in [7, 11) is 1.57. The summed E-state index contributed by atoms with van der Waals surface area (Å²) in [4.78, 5) is 11.7. The van der Waals surface area contributed by atoms with Gasteiger partial charge in [0.05, 0.1) is 6.04 Å². The molecule has 90 valence electrons. The van der Waals surface area contributed by atoms with E-state index in [4.69, 9.17) is 16.9 Å². The Bertz CT molecular complexity index is 424. The van der Waals surface area contributed by atoms with Crippen LogP contribution in [0.25, 0.3) is 0 Å². The highest BCUT2D eigenvalue weighted by Gasteiger charge is 2.12. The Labute approximate surface area is 101 Å². The maximum absolute atomic E-state index is 11.7. The Balaban J connectivity index is 2.58. The first-order valence-electron chi connectivity index (χ1n) is 5.29. The summed E-state index contributed by atoms with van der Waals surface area (Å²) < 4.78 is 4.86. The minimum absolute atomic E-state index is 0.240. The zero-order valence-electron chi connectivity index (χ0n) is 9.77. The molecule has 0 aromatic heterocycles. The number of nitrogens with one attached hydrogen (secondary N) is 1. The summed E-state index contributed by atoms with van der Waals surface area (Å²) >= 11 is 0. The monoisotopic (exact) mass is 232 g/mol. The highest BCUT2D eigenvalue weighted by molar-refractivity contribution is 5.94. The van der Waals surface area contributed by atoms with Crippen molar-refractivity contribution in [2.24, 2.45) is 5.73 Å². The van der Waals surface area contributed by atoms with E-state index in [1.807, 2.05) is 0 Å². The molecular formula is C13H16N2O2. The molecule has 0 saturated heterocycles. The van der Waals surface area contributed by atoms with Crippen molar-refractivity contribution in [2.45, 2.75) is 12.5 Å². The molecule has 4 heteroatoms. The number of terminal acetylenes is 1. The van der Waals surface area contributed by atoms with Crippen molar-refractivity contribution in [3.05, 3.63) is 29.8 Å². The minimum Gasteiger partial charge on any atom is -0.385 e. The predicted molar refractivity (Wildman–Crippen MR) is 67.5 cm³/mol. The van der Waals surface area contributed by atoms with E-state index in [0.29, 0.717) is 24.3 Å². The maximum atomic E-state index is 11.7. The van der Waals surface area contributed by atoms with Crippen molar-refractivity contribution < 1.29 is 9.53 Å². The van der Waals surface area contributed by atoms with Crippen LogP contribution in [0.15, 0.2) is 24.3 Å². The molecule has 1 atom stereocenters. The maximum Gasteiger partial charge on any atom is 0.241 e. The Morgan fingerprint density at radius 3 is 3.06 bits per heavy atom. The van der Waals surface area contributed by atoms with Gasteiger partial charge in [-0.15, -0.1) is 6.42 Å². The predicted octanol–water partition coefficient (Wildman–Crippen LogP) is 0.970. The van der Waals surface area contributed by atoms with Gasteiger partial charge in [-0.2, -0.15) is 0 Å².